The number of amides is 3. The molecule has 1 aromatic carbocycles. The second kappa shape index (κ2) is 14.1. The highest BCUT2D eigenvalue weighted by molar-refractivity contribution is 5.94. The van der Waals surface area contributed by atoms with E-state index in [2.05, 4.69) is 15.6 Å². The minimum atomic E-state index is -1.24. The van der Waals surface area contributed by atoms with Crippen molar-refractivity contribution in [3.63, 3.8) is 0 Å². The highest BCUT2D eigenvalue weighted by Crippen LogP contribution is 2.20. The van der Waals surface area contributed by atoms with Gasteiger partial charge in [0, 0.05) is 19.5 Å². The van der Waals surface area contributed by atoms with Crippen LogP contribution in [0.2, 0.25) is 0 Å². The molecule has 13 heteroatoms. The third-order valence-corrected chi connectivity index (χ3v) is 6.12. The Morgan fingerprint density at radius 1 is 1.14 bits per heavy atom. The van der Waals surface area contributed by atoms with E-state index in [1.54, 1.807) is 24.3 Å². The van der Waals surface area contributed by atoms with Gasteiger partial charge in [-0.2, -0.15) is 0 Å². The number of aliphatic carboxylic acids is 1. The molecule has 0 radical (unpaired) electrons. The van der Waals surface area contributed by atoms with E-state index in [9.17, 15) is 29.4 Å². The second-order valence-electron chi connectivity index (χ2n) is 9.06. The molecule has 1 aliphatic rings. The van der Waals surface area contributed by atoms with Gasteiger partial charge in [0.1, 0.15) is 24.2 Å². The second-order valence-corrected chi connectivity index (χ2v) is 9.06. The van der Waals surface area contributed by atoms with Gasteiger partial charge in [-0.05, 0) is 38.2 Å². The number of carboxylic acid groups (broad SMARTS) is 1. The molecule has 0 bridgehead atoms. The first-order valence-electron chi connectivity index (χ1n) is 12.2. The Morgan fingerprint density at radius 2 is 1.81 bits per heavy atom. The number of aliphatic hydroxyl groups is 1. The fourth-order valence-electron chi connectivity index (χ4n) is 4.07. The van der Waals surface area contributed by atoms with Gasteiger partial charge < -0.3 is 42.9 Å². The minimum absolute atomic E-state index is 0.0996. The molecular weight excluding hydrogens is 482 g/mol. The normalized spacial score (nSPS) is 18.2. The molecule has 1 aliphatic heterocycles. The van der Waals surface area contributed by atoms with Gasteiger partial charge in [0.15, 0.2) is 5.96 Å². The van der Waals surface area contributed by atoms with Crippen molar-refractivity contribution >= 4 is 29.7 Å². The molecule has 5 atom stereocenters. The van der Waals surface area contributed by atoms with Crippen LogP contribution in [0.4, 0.5) is 0 Å². The summed E-state index contributed by atoms with van der Waals surface area (Å²) in [5, 5.41) is 24.3. The SMILES string of the molecule is CC(O)C(N)C(=O)NC(Cc1ccccc1)C(=O)N1CCCC1C(=O)NC(CCCN=C(N)N)C(=O)O. The van der Waals surface area contributed by atoms with Gasteiger partial charge in [-0.1, -0.05) is 30.3 Å². The zero-order valence-corrected chi connectivity index (χ0v) is 20.9. The number of hydrogen-bond donors (Lipinski definition) is 7. The maximum Gasteiger partial charge on any atom is 0.326 e. The third-order valence-electron chi connectivity index (χ3n) is 6.12. The van der Waals surface area contributed by atoms with E-state index >= 15 is 0 Å². The summed E-state index contributed by atoms with van der Waals surface area (Å²) in [5.41, 5.74) is 17.1. The minimum Gasteiger partial charge on any atom is -0.480 e. The lowest BCUT2D eigenvalue weighted by molar-refractivity contribution is -0.145. The van der Waals surface area contributed by atoms with E-state index in [-0.39, 0.29) is 31.9 Å². The predicted octanol–water partition coefficient (Wildman–Crippen LogP) is -1.96. The number of nitrogens with two attached hydrogens (primary N) is 3. The van der Waals surface area contributed by atoms with Crippen LogP contribution >= 0.6 is 0 Å². The van der Waals surface area contributed by atoms with Crippen LogP contribution in [0.5, 0.6) is 0 Å². The van der Waals surface area contributed by atoms with Crippen LogP contribution in [0.1, 0.15) is 38.2 Å². The van der Waals surface area contributed by atoms with E-state index < -0.39 is 54.0 Å². The van der Waals surface area contributed by atoms with E-state index in [1.165, 1.54) is 11.8 Å². The molecule has 204 valence electrons. The molecule has 0 saturated carbocycles. The highest BCUT2D eigenvalue weighted by Gasteiger charge is 2.39. The average Bonchev–Trinajstić information content (AvgIpc) is 3.34. The number of carboxylic acids is 1. The molecule has 0 aliphatic carbocycles. The Kier molecular flexibility index (Phi) is 11.3. The monoisotopic (exact) mass is 519 g/mol. The lowest BCUT2D eigenvalue weighted by atomic mass is 10.0. The Hall–Kier alpha value is -3.71. The number of aliphatic hydroxyl groups excluding tert-OH is 1. The van der Waals surface area contributed by atoms with Crippen LogP contribution in [0.15, 0.2) is 35.3 Å². The first-order valence-corrected chi connectivity index (χ1v) is 12.2. The number of nitrogens with zero attached hydrogens (tertiary/aromatic N) is 2. The number of carbonyl (C=O) groups excluding carboxylic acids is 3. The molecule has 10 N–H and O–H groups in total. The number of hydrogen-bond acceptors (Lipinski definition) is 7. The van der Waals surface area contributed by atoms with Crippen molar-refractivity contribution in [1.82, 2.24) is 15.5 Å². The summed E-state index contributed by atoms with van der Waals surface area (Å²) in [6.45, 7) is 1.85. The van der Waals surface area contributed by atoms with Crippen molar-refractivity contribution in [1.29, 1.82) is 0 Å². The molecule has 1 saturated heterocycles. The summed E-state index contributed by atoms with van der Waals surface area (Å²) in [6, 6.07) is 4.66. The fraction of sp³-hybridized carbons (Fsp3) is 0.542. The van der Waals surface area contributed by atoms with Gasteiger partial charge in [-0.3, -0.25) is 19.4 Å². The van der Waals surface area contributed by atoms with Crippen LogP contribution in [0.3, 0.4) is 0 Å². The average molecular weight is 520 g/mol. The van der Waals surface area contributed by atoms with Crippen LogP contribution in [0.25, 0.3) is 0 Å². The molecule has 37 heavy (non-hydrogen) atoms. The number of likely N-dealkylation sites (tertiary alicyclic amines) is 1. The molecule has 13 nitrogen and oxygen atoms in total. The molecular formula is C24H37N7O6. The van der Waals surface area contributed by atoms with E-state index in [0.29, 0.717) is 19.3 Å². The van der Waals surface area contributed by atoms with Gasteiger partial charge in [0.05, 0.1) is 6.10 Å². The smallest absolute Gasteiger partial charge is 0.326 e. The zero-order chi connectivity index (χ0) is 27.5. The van der Waals surface area contributed by atoms with E-state index in [1.807, 2.05) is 6.07 Å². The summed E-state index contributed by atoms with van der Waals surface area (Å²) in [6.07, 6.45) is 0.325. The molecule has 1 fully saturated rings. The first-order chi connectivity index (χ1) is 17.5. The van der Waals surface area contributed by atoms with Crippen molar-refractivity contribution in [2.75, 3.05) is 13.1 Å². The fourth-order valence-corrected chi connectivity index (χ4v) is 4.07. The van der Waals surface area contributed by atoms with Gasteiger partial charge in [-0.25, -0.2) is 4.79 Å². The van der Waals surface area contributed by atoms with Crippen LogP contribution in [-0.4, -0.2) is 88.1 Å². The van der Waals surface area contributed by atoms with Crippen LogP contribution in [-0.2, 0) is 25.6 Å². The summed E-state index contributed by atoms with van der Waals surface area (Å²) in [4.78, 5) is 56.0. The summed E-state index contributed by atoms with van der Waals surface area (Å²) in [5.74, 6) is -3.10. The zero-order valence-electron chi connectivity index (χ0n) is 20.9. The lowest BCUT2D eigenvalue weighted by Crippen LogP contribution is -2.58. The molecule has 1 heterocycles. The van der Waals surface area contributed by atoms with Gasteiger partial charge in [0.25, 0.3) is 0 Å². The lowest BCUT2D eigenvalue weighted by Gasteiger charge is -2.30. The van der Waals surface area contributed by atoms with Crippen molar-refractivity contribution in [2.45, 2.75) is 69.3 Å². The van der Waals surface area contributed by atoms with Gasteiger partial charge >= 0.3 is 5.97 Å². The van der Waals surface area contributed by atoms with E-state index in [0.717, 1.165) is 5.56 Å². The number of guanidine groups is 1. The molecule has 1 aromatic rings. The molecule has 5 unspecified atom stereocenters. The number of benzene rings is 1. The number of nitrogens with one attached hydrogen (secondary N) is 2. The van der Waals surface area contributed by atoms with Crippen molar-refractivity contribution in [3.05, 3.63) is 35.9 Å². The number of rotatable bonds is 13. The third kappa shape index (κ3) is 9.03. The standard InChI is InChI=1S/C24H37N7O6/c1-14(32)19(25)21(34)30-17(13-15-7-3-2-4-8-15)22(35)31-12-6-10-18(31)20(33)29-16(23(36)37)9-5-11-28-24(26)27/h2-4,7-8,14,16-19,32H,5-6,9-13,25H2,1H3,(H,29,33)(H,30,34)(H,36,37)(H4,26,27,28). The van der Waals surface area contributed by atoms with Gasteiger partial charge in [-0.15, -0.1) is 0 Å². The topological polar surface area (TPSA) is 226 Å². The van der Waals surface area contributed by atoms with Crippen molar-refractivity contribution in [3.8, 4) is 0 Å². The first kappa shape index (κ1) is 29.5. The quantitative estimate of drug-likeness (QED) is 0.0870. The Bertz CT molecular complexity index is 968. The highest BCUT2D eigenvalue weighted by atomic mass is 16.4. The van der Waals surface area contributed by atoms with Gasteiger partial charge in [0.2, 0.25) is 17.7 Å². The summed E-state index contributed by atoms with van der Waals surface area (Å²) in [7, 11) is 0. The summed E-state index contributed by atoms with van der Waals surface area (Å²) >= 11 is 0. The van der Waals surface area contributed by atoms with E-state index in [4.69, 9.17) is 17.2 Å². The van der Waals surface area contributed by atoms with Crippen LogP contribution in [0, 0.1) is 0 Å². The maximum atomic E-state index is 13.6. The van der Waals surface area contributed by atoms with Crippen molar-refractivity contribution < 1.29 is 29.4 Å². The molecule has 3 amide bonds. The summed E-state index contributed by atoms with van der Waals surface area (Å²) < 4.78 is 0. The molecule has 0 spiro atoms. The Morgan fingerprint density at radius 3 is 2.41 bits per heavy atom. The molecule has 2 rings (SSSR count). The number of aliphatic imine (C=N–C) groups is 1. The Labute approximate surface area is 215 Å². The van der Waals surface area contributed by atoms with Crippen molar-refractivity contribution in [2.24, 2.45) is 22.2 Å². The Balaban J connectivity index is 2.15. The maximum absolute atomic E-state index is 13.6. The molecule has 0 aromatic heterocycles. The predicted molar refractivity (Wildman–Crippen MR) is 136 cm³/mol. The number of carbonyl (C=O) groups is 4. The largest absolute Gasteiger partial charge is 0.480 e. The van der Waals surface area contributed by atoms with Crippen LogP contribution < -0.4 is 27.8 Å².